The Morgan fingerprint density at radius 3 is 2.45 bits per heavy atom. The number of nitrogens with two attached hydrogens (primary N) is 1. The van der Waals surface area contributed by atoms with Gasteiger partial charge in [0.05, 0.1) is 12.2 Å². The SMILES string of the molecule is N#Cc1c(NCC(F)(F)c2cc(F)cc(F)c2)ccnc1N. The van der Waals surface area contributed by atoms with Crippen molar-refractivity contribution in [1.29, 1.82) is 5.26 Å². The molecule has 0 atom stereocenters. The van der Waals surface area contributed by atoms with Gasteiger partial charge in [-0.2, -0.15) is 14.0 Å². The van der Waals surface area contributed by atoms with Gasteiger partial charge in [0.1, 0.15) is 29.1 Å². The predicted molar refractivity (Wildman–Crippen MR) is 72.1 cm³/mol. The molecular formula is C14H10F4N4. The van der Waals surface area contributed by atoms with Gasteiger partial charge < -0.3 is 11.1 Å². The number of alkyl halides is 2. The summed E-state index contributed by atoms with van der Waals surface area (Å²) in [4.78, 5) is 3.67. The van der Waals surface area contributed by atoms with E-state index in [2.05, 4.69) is 10.3 Å². The van der Waals surface area contributed by atoms with Crippen LogP contribution in [0.25, 0.3) is 0 Å². The van der Waals surface area contributed by atoms with E-state index < -0.39 is 29.7 Å². The van der Waals surface area contributed by atoms with Crippen molar-refractivity contribution in [3.8, 4) is 6.07 Å². The fourth-order valence-electron chi connectivity index (χ4n) is 1.82. The Bertz CT molecular complexity index is 720. The molecule has 0 aliphatic carbocycles. The lowest BCUT2D eigenvalue weighted by Crippen LogP contribution is -2.25. The van der Waals surface area contributed by atoms with Gasteiger partial charge in [0.15, 0.2) is 0 Å². The Kier molecular flexibility index (Phi) is 4.17. The molecular weight excluding hydrogens is 300 g/mol. The van der Waals surface area contributed by atoms with E-state index in [1.807, 2.05) is 0 Å². The molecule has 8 heteroatoms. The van der Waals surface area contributed by atoms with Crippen LogP contribution in [0.2, 0.25) is 0 Å². The molecule has 1 heterocycles. The van der Waals surface area contributed by atoms with Gasteiger partial charge in [0.25, 0.3) is 5.92 Å². The number of halogens is 4. The van der Waals surface area contributed by atoms with E-state index in [9.17, 15) is 17.6 Å². The zero-order valence-electron chi connectivity index (χ0n) is 11.1. The molecule has 2 aromatic rings. The van der Waals surface area contributed by atoms with Crippen LogP contribution in [-0.2, 0) is 5.92 Å². The fourth-order valence-corrected chi connectivity index (χ4v) is 1.82. The summed E-state index contributed by atoms with van der Waals surface area (Å²) < 4.78 is 54.1. The highest BCUT2D eigenvalue weighted by Crippen LogP contribution is 2.30. The summed E-state index contributed by atoms with van der Waals surface area (Å²) in [6.45, 7) is -0.964. The minimum Gasteiger partial charge on any atom is -0.383 e. The Labute approximate surface area is 123 Å². The summed E-state index contributed by atoms with van der Waals surface area (Å²) in [5.41, 5.74) is 4.64. The highest BCUT2D eigenvalue weighted by atomic mass is 19.3. The highest BCUT2D eigenvalue weighted by molar-refractivity contribution is 5.66. The number of hydrogen-bond acceptors (Lipinski definition) is 4. The first-order valence-electron chi connectivity index (χ1n) is 6.06. The van der Waals surface area contributed by atoms with Crippen molar-refractivity contribution in [1.82, 2.24) is 4.98 Å². The van der Waals surface area contributed by atoms with Crippen LogP contribution in [0.3, 0.4) is 0 Å². The molecule has 1 aromatic heterocycles. The lowest BCUT2D eigenvalue weighted by molar-refractivity contribution is 0.00997. The maximum absolute atomic E-state index is 14.0. The van der Waals surface area contributed by atoms with Crippen molar-refractivity contribution in [3.63, 3.8) is 0 Å². The Morgan fingerprint density at radius 1 is 1.23 bits per heavy atom. The van der Waals surface area contributed by atoms with Crippen LogP contribution < -0.4 is 11.1 Å². The molecule has 0 unspecified atom stereocenters. The number of pyridine rings is 1. The lowest BCUT2D eigenvalue weighted by atomic mass is 10.1. The topological polar surface area (TPSA) is 74.7 Å². The van der Waals surface area contributed by atoms with Crippen molar-refractivity contribution < 1.29 is 17.6 Å². The third-order valence-corrected chi connectivity index (χ3v) is 2.88. The van der Waals surface area contributed by atoms with E-state index in [0.29, 0.717) is 18.2 Å². The van der Waals surface area contributed by atoms with Crippen molar-refractivity contribution in [3.05, 3.63) is 53.2 Å². The lowest BCUT2D eigenvalue weighted by Gasteiger charge is -2.19. The van der Waals surface area contributed by atoms with Crippen LogP contribution in [0.5, 0.6) is 0 Å². The number of nitriles is 1. The van der Waals surface area contributed by atoms with Gasteiger partial charge in [-0.15, -0.1) is 0 Å². The maximum Gasteiger partial charge on any atom is 0.290 e. The van der Waals surface area contributed by atoms with Crippen molar-refractivity contribution in [2.45, 2.75) is 5.92 Å². The van der Waals surface area contributed by atoms with Gasteiger partial charge in [-0.3, -0.25) is 0 Å². The van der Waals surface area contributed by atoms with Crippen LogP contribution >= 0.6 is 0 Å². The van der Waals surface area contributed by atoms with E-state index >= 15 is 0 Å². The van der Waals surface area contributed by atoms with Crippen molar-refractivity contribution in [2.24, 2.45) is 0 Å². The molecule has 0 bridgehead atoms. The second-order valence-electron chi connectivity index (χ2n) is 4.45. The van der Waals surface area contributed by atoms with Gasteiger partial charge in [0.2, 0.25) is 0 Å². The second kappa shape index (κ2) is 5.89. The summed E-state index contributed by atoms with van der Waals surface area (Å²) in [6.07, 6.45) is 1.25. The fraction of sp³-hybridized carbons (Fsp3) is 0.143. The van der Waals surface area contributed by atoms with Crippen molar-refractivity contribution >= 4 is 11.5 Å². The first kappa shape index (κ1) is 15.6. The summed E-state index contributed by atoms with van der Waals surface area (Å²) in [6, 6.07) is 4.66. The summed E-state index contributed by atoms with van der Waals surface area (Å²) in [5.74, 6) is -5.85. The molecule has 0 aliphatic rings. The quantitative estimate of drug-likeness (QED) is 0.851. The van der Waals surface area contributed by atoms with Crippen molar-refractivity contribution in [2.75, 3.05) is 17.6 Å². The van der Waals surface area contributed by atoms with Crippen LogP contribution in [-0.4, -0.2) is 11.5 Å². The third kappa shape index (κ3) is 3.25. The smallest absolute Gasteiger partial charge is 0.290 e. The molecule has 3 N–H and O–H groups in total. The van der Waals surface area contributed by atoms with Gasteiger partial charge >= 0.3 is 0 Å². The van der Waals surface area contributed by atoms with Gasteiger partial charge in [-0.25, -0.2) is 13.8 Å². The monoisotopic (exact) mass is 310 g/mol. The Morgan fingerprint density at radius 2 is 1.86 bits per heavy atom. The molecule has 4 nitrogen and oxygen atoms in total. The van der Waals surface area contributed by atoms with E-state index in [4.69, 9.17) is 11.0 Å². The normalized spacial score (nSPS) is 11.0. The van der Waals surface area contributed by atoms with Crippen LogP contribution in [0, 0.1) is 23.0 Å². The zero-order chi connectivity index (χ0) is 16.3. The Balaban J connectivity index is 2.23. The first-order valence-corrected chi connectivity index (χ1v) is 6.06. The number of aromatic nitrogens is 1. The van der Waals surface area contributed by atoms with E-state index in [1.54, 1.807) is 6.07 Å². The number of hydrogen-bond donors (Lipinski definition) is 2. The van der Waals surface area contributed by atoms with Gasteiger partial charge in [-0.05, 0) is 18.2 Å². The molecule has 0 aliphatic heterocycles. The minimum atomic E-state index is -3.55. The average Bonchev–Trinajstić information content (AvgIpc) is 2.44. The zero-order valence-corrected chi connectivity index (χ0v) is 11.1. The Hall–Kier alpha value is -2.82. The van der Waals surface area contributed by atoms with E-state index in [-0.39, 0.29) is 17.1 Å². The molecule has 0 saturated carbocycles. The molecule has 1 aromatic carbocycles. The van der Waals surface area contributed by atoms with Gasteiger partial charge in [0, 0.05) is 17.8 Å². The summed E-state index contributed by atoms with van der Waals surface area (Å²) in [5, 5.41) is 11.3. The standard InChI is InChI=1S/C14H10F4N4/c15-9-3-8(4-10(16)5-9)14(17,18)7-22-12-1-2-21-13(20)11(12)6-19/h1-5H,7H2,(H3,20,21,22). The number of nitrogen functional groups attached to an aromatic ring is 1. The molecule has 0 spiro atoms. The van der Waals surface area contributed by atoms with Gasteiger partial charge in [-0.1, -0.05) is 0 Å². The summed E-state index contributed by atoms with van der Waals surface area (Å²) in [7, 11) is 0. The molecule has 114 valence electrons. The molecule has 0 saturated heterocycles. The number of benzene rings is 1. The molecule has 0 radical (unpaired) electrons. The number of anilines is 2. The van der Waals surface area contributed by atoms with E-state index in [0.717, 1.165) is 0 Å². The molecule has 22 heavy (non-hydrogen) atoms. The van der Waals surface area contributed by atoms with Crippen LogP contribution in [0.1, 0.15) is 11.1 Å². The van der Waals surface area contributed by atoms with E-state index in [1.165, 1.54) is 12.3 Å². The summed E-state index contributed by atoms with van der Waals surface area (Å²) >= 11 is 0. The predicted octanol–water partition coefficient (Wildman–Crippen LogP) is 3.02. The second-order valence-corrected chi connectivity index (χ2v) is 4.45. The molecule has 0 amide bonds. The highest BCUT2D eigenvalue weighted by Gasteiger charge is 2.32. The average molecular weight is 310 g/mol. The molecule has 2 rings (SSSR count). The minimum absolute atomic E-state index is 0.0616. The maximum atomic E-state index is 14.0. The molecule has 0 fully saturated rings. The van der Waals surface area contributed by atoms with Crippen LogP contribution in [0.4, 0.5) is 29.1 Å². The van der Waals surface area contributed by atoms with Crippen LogP contribution in [0.15, 0.2) is 30.5 Å². The first-order chi connectivity index (χ1) is 10.3. The number of nitrogens with one attached hydrogen (secondary N) is 1. The third-order valence-electron chi connectivity index (χ3n) is 2.88. The number of nitrogens with zero attached hydrogens (tertiary/aromatic N) is 2. The largest absolute Gasteiger partial charge is 0.383 e. The number of rotatable bonds is 4.